The molecule has 0 aromatic carbocycles. The number of nitrogens with zero attached hydrogens (tertiary/aromatic N) is 1. The normalized spacial score (nSPS) is 47.8. The highest BCUT2D eigenvalue weighted by Crippen LogP contribution is 2.80. The molecule has 0 saturated heterocycles. The number of oxime groups is 1. The molecule has 8 atom stereocenters. The molecule has 5 heteroatoms. The third-order valence-corrected chi connectivity index (χ3v) is 10.4. The van der Waals surface area contributed by atoms with Crippen molar-refractivity contribution in [1.82, 2.24) is 0 Å². The van der Waals surface area contributed by atoms with Crippen LogP contribution in [-0.2, 0) is 19.2 Å². The molecule has 0 heterocycles. The van der Waals surface area contributed by atoms with Gasteiger partial charge in [0, 0.05) is 25.7 Å². The van der Waals surface area contributed by atoms with Gasteiger partial charge in [0.15, 0.2) is 0 Å². The molecule has 0 bridgehead atoms. The molecule has 5 aliphatic rings. The zero-order chi connectivity index (χ0) is 22.2. The summed E-state index contributed by atoms with van der Waals surface area (Å²) in [6, 6.07) is 0. The van der Waals surface area contributed by atoms with E-state index in [9.17, 15) is 9.59 Å². The highest BCUT2D eigenvalue weighted by atomic mass is 16.7. The number of rotatable bonds is 3. The lowest BCUT2D eigenvalue weighted by molar-refractivity contribution is -0.148. The van der Waals surface area contributed by atoms with Gasteiger partial charge in [-0.25, -0.2) is 4.79 Å². The standard InChI is InChI=1S/C26H37NO4/c1-15(27-31-17(3)29)26-14-19(26)13-23-21-7-6-18-12-20(30-16(2)28)8-10-24(18,4)22(21)9-11-25(23,26)5/h6,19-23H,7-14H2,1-5H3. The maximum atomic E-state index is 11.5. The molecule has 0 radical (unpaired) electrons. The Bertz CT molecular complexity index is 877. The highest BCUT2D eigenvalue weighted by Gasteiger charge is 2.76. The average molecular weight is 428 g/mol. The quantitative estimate of drug-likeness (QED) is 0.198. The third kappa shape index (κ3) is 2.90. The predicted molar refractivity (Wildman–Crippen MR) is 118 cm³/mol. The van der Waals surface area contributed by atoms with Crippen LogP contribution in [0.25, 0.3) is 0 Å². The highest BCUT2D eigenvalue weighted by molar-refractivity contribution is 5.92. The number of carbonyl (C=O) groups excluding carboxylic acids is 2. The van der Waals surface area contributed by atoms with E-state index in [2.05, 4.69) is 32.0 Å². The lowest BCUT2D eigenvalue weighted by Crippen LogP contribution is -2.52. The maximum absolute atomic E-state index is 11.5. The van der Waals surface area contributed by atoms with Crippen molar-refractivity contribution in [2.75, 3.05) is 0 Å². The van der Waals surface area contributed by atoms with Crippen molar-refractivity contribution < 1.29 is 19.2 Å². The minimum atomic E-state index is -0.335. The molecule has 4 fully saturated rings. The summed E-state index contributed by atoms with van der Waals surface area (Å²) in [4.78, 5) is 27.9. The molecule has 0 spiro atoms. The van der Waals surface area contributed by atoms with Crippen molar-refractivity contribution in [3.63, 3.8) is 0 Å². The fourth-order valence-corrected chi connectivity index (χ4v) is 8.96. The van der Waals surface area contributed by atoms with Gasteiger partial charge in [-0.05, 0) is 86.4 Å². The van der Waals surface area contributed by atoms with Gasteiger partial charge >= 0.3 is 11.9 Å². The van der Waals surface area contributed by atoms with Crippen LogP contribution in [0.15, 0.2) is 16.8 Å². The number of carbonyl (C=O) groups is 2. The molecule has 8 unspecified atom stereocenters. The third-order valence-electron chi connectivity index (χ3n) is 10.4. The Morgan fingerprint density at radius 1 is 1.06 bits per heavy atom. The van der Waals surface area contributed by atoms with Gasteiger partial charge in [0.25, 0.3) is 0 Å². The first-order valence-corrected chi connectivity index (χ1v) is 12.2. The van der Waals surface area contributed by atoms with Gasteiger partial charge in [-0.15, -0.1) is 0 Å². The number of allylic oxidation sites excluding steroid dienone is 1. The summed E-state index contributed by atoms with van der Waals surface area (Å²) in [6.45, 7) is 10.0. The van der Waals surface area contributed by atoms with E-state index in [0.717, 1.165) is 43.2 Å². The van der Waals surface area contributed by atoms with Gasteiger partial charge in [-0.1, -0.05) is 30.7 Å². The first kappa shape index (κ1) is 21.2. The van der Waals surface area contributed by atoms with Crippen LogP contribution in [0, 0.1) is 39.9 Å². The summed E-state index contributed by atoms with van der Waals surface area (Å²) in [5.74, 6) is 2.37. The van der Waals surface area contributed by atoms with Crippen molar-refractivity contribution in [3.8, 4) is 0 Å². The zero-order valence-electron chi connectivity index (χ0n) is 19.7. The van der Waals surface area contributed by atoms with Gasteiger partial charge in [0.1, 0.15) is 6.10 Å². The van der Waals surface area contributed by atoms with Crippen molar-refractivity contribution in [2.24, 2.45) is 45.1 Å². The molecular formula is C26H37NO4. The van der Waals surface area contributed by atoms with Gasteiger partial charge in [0.05, 0.1) is 5.71 Å². The molecule has 5 nitrogen and oxygen atoms in total. The monoisotopic (exact) mass is 427 g/mol. The Labute approximate surface area is 186 Å². The van der Waals surface area contributed by atoms with Gasteiger partial charge < -0.3 is 9.57 Å². The van der Waals surface area contributed by atoms with Crippen LogP contribution in [0.4, 0.5) is 0 Å². The minimum absolute atomic E-state index is 0.0600. The molecule has 31 heavy (non-hydrogen) atoms. The van der Waals surface area contributed by atoms with Crippen LogP contribution in [-0.4, -0.2) is 23.8 Å². The molecule has 4 saturated carbocycles. The van der Waals surface area contributed by atoms with Crippen LogP contribution in [0.3, 0.4) is 0 Å². The Balaban J connectivity index is 1.40. The fraction of sp³-hybridized carbons (Fsp3) is 0.808. The molecule has 5 aliphatic carbocycles. The van der Waals surface area contributed by atoms with Crippen molar-refractivity contribution in [3.05, 3.63) is 11.6 Å². The molecule has 5 rings (SSSR count). The van der Waals surface area contributed by atoms with E-state index in [1.807, 2.05) is 0 Å². The molecule has 0 N–H and O–H groups in total. The summed E-state index contributed by atoms with van der Waals surface area (Å²) in [6.07, 6.45) is 11.8. The van der Waals surface area contributed by atoms with E-state index in [-0.39, 0.29) is 34.3 Å². The van der Waals surface area contributed by atoms with Gasteiger partial charge in [-0.3, -0.25) is 4.79 Å². The van der Waals surface area contributed by atoms with E-state index in [1.54, 1.807) is 5.57 Å². The summed E-state index contributed by atoms with van der Waals surface area (Å²) in [5, 5.41) is 4.28. The largest absolute Gasteiger partial charge is 0.462 e. The van der Waals surface area contributed by atoms with Crippen molar-refractivity contribution in [2.45, 2.75) is 92.1 Å². The molecule has 0 aromatic heterocycles. The number of hydrogen-bond donors (Lipinski definition) is 0. The molecule has 170 valence electrons. The van der Waals surface area contributed by atoms with Crippen LogP contribution in [0.5, 0.6) is 0 Å². The van der Waals surface area contributed by atoms with E-state index in [1.165, 1.54) is 39.5 Å². The van der Waals surface area contributed by atoms with Crippen LogP contribution in [0.1, 0.15) is 86.0 Å². The van der Waals surface area contributed by atoms with Crippen LogP contribution < -0.4 is 0 Å². The van der Waals surface area contributed by atoms with Crippen LogP contribution >= 0.6 is 0 Å². The van der Waals surface area contributed by atoms with E-state index >= 15 is 0 Å². The summed E-state index contributed by atoms with van der Waals surface area (Å²) >= 11 is 0. The van der Waals surface area contributed by atoms with E-state index in [4.69, 9.17) is 9.57 Å². The second-order valence-corrected chi connectivity index (χ2v) is 11.6. The maximum Gasteiger partial charge on any atom is 0.331 e. The first-order chi connectivity index (χ1) is 14.6. The number of esters is 1. The first-order valence-electron chi connectivity index (χ1n) is 12.2. The molecule has 0 aliphatic heterocycles. The van der Waals surface area contributed by atoms with E-state index < -0.39 is 0 Å². The second kappa shape index (κ2) is 6.92. The van der Waals surface area contributed by atoms with Gasteiger partial charge in [-0.2, -0.15) is 0 Å². The smallest absolute Gasteiger partial charge is 0.331 e. The lowest BCUT2D eigenvalue weighted by Gasteiger charge is -2.59. The molecule has 0 aromatic rings. The van der Waals surface area contributed by atoms with E-state index in [0.29, 0.717) is 11.8 Å². The minimum Gasteiger partial charge on any atom is -0.462 e. The molecule has 0 amide bonds. The van der Waals surface area contributed by atoms with Crippen molar-refractivity contribution in [1.29, 1.82) is 0 Å². The Morgan fingerprint density at radius 2 is 1.84 bits per heavy atom. The summed E-state index contributed by atoms with van der Waals surface area (Å²) < 4.78 is 5.58. The number of ether oxygens (including phenoxy) is 1. The predicted octanol–water partition coefficient (Wildman–Crippen LogP) is 5.44. The Morgan fingerprint density at radius 3 is 2.55 bits per heavy atom. The number of hydrogen-bond acceptors (Lipinski definition) is 5. The Hall–Kier alpha value is -1.65. The van der Waals surface area contributed by atoms with Crippen LogP contribution in [0.2, 0.25) is 0 Å². The average Bonchev–Trinajstić information content (AvgIpc) is 3.38. The topological polar surface area (TPSA) is 65.0 Å². The number of fused-ring (bicyclic) bond motifs is 7. The molecular weight excluding hydrogens is 390 g/mol. The van der Waals surface area contributed by atoms with Crippen molar-refractivity contribution >= 4 is 17.7 Å². The fourth-order valence-electron chi connectivity index (χ4n) is 8.96. The Kier molecular flexibility index (Phi) is 4.74. The summed E-state index contributed by atoms with van der Waals surface area (Å²) in [5.41, 5.74) is 3.22. The summed E-state index contributed by atoms with van der Waals surface area (Å²) in [7, 11) is 0. The second-order valence-electron chi connectivity index (χ2n) is 11.6. The van der Waals surface area contributed by atoms with Gasteiger partial charge in [0.2, 0.25) is 0 Å². The SMILES string of the molecule is CC(=O)ON=C(C)C12CC1CC1C3CC=C4CC(OC(C)=O)CCC4(C)C3CCC12C. The zero-order valence-corrected chi connectivity index (χ0v) is 19.7. The lowest BCUT2D eigenvalue weighted by atomic mass is 9.46.